The van der Waals surface area contributed by atoms with Gasteiger partial charge in [0.25, 0.3) is 10.1 Å². The van der Waals surface area contributed by atoms with Crippen molar-refractivity contribution >= 4 is 22.0 Å². The lowest BCUT2D eigenvalue weighted by atomic mass is 10.2. The van der Waals surface area contributed by atoms with Gasteiger partial charge in [0.1, 0.15) is 0 Å². The summed E-state index contributed by atoms with van der Waals surface area (Å²) in [7, 11) is -4.82. The zero-order valence-electron chi connectivity index (χ0n) is 9.65. The predicted octanol–water partition coefficient (Wildman–Crippen LogP) is -0.0819. The highest BCUT2D eigenvalue weighted by atomic mass is 32.2. The Balaban J connectivity index is 4.92. The average Bonchev–Trinajstić information content (AvgIpc) is 2.23. The van der Waals surface area contributed by atoms with Crippen molar-refractivity contribution in [1.82, 2.24) is 4.90 Å². The molecule has 18 heavy (non-hydrogen) atoms. The summed E-state index contributed by atoms with van der Waals surface area (Å²) in [6, 6.07) is 0. The molecule has 0 aliphatic rings. The first-order valence-corrected chi connectivity index (χ1v) is 6.43. The Labute approximate surface area is 105 Å². The van der Waals surface area contributed by atoms with Crippen molar-refractivity contribution in [3.8, 4) is 0 Å². The summed E-state index contributed by atoms with van der Waals surface area (Å²) >= 11 is 0. The monoisotopic (exact) mass is 277 g/mol. The van der Waals surface area contributed by atoms with Gasteiger partial charge in [-0.2, -0.15) is 8.42 Å². The Morgan fingerprint density at radius 2 is 1.67 bits per heavy atom. The lowest BCUT2D eigenvalue weighted by Crippen LogP contribution is -2.39. The van der Waals surface area contributed by atoms with E-state index in [0.29, 0.717) is 0 Å². The van der Waals surface area contributed by atoms with Crippen LogP contribution in [0.3, 0.4) is 0 Å². The number of amides is 1. The van der Waals surface area contributed by atoms with Crippen molar-refractivity contribution in [3.63, 3.8) is 0 Å². The number of carboxylic acid groups (broad SMARTS) is 1. The predicted molar refractivity (Wildman–Crippen MR) is 64.6 cm³/mol. The summed E-state index contributed by atoms with van der Waals surface area (Å²) in [5, 5.41) is 6.48. The van der Waals surface area contributed by atoms with Crippen LogP contribution in [0.5, 0.6) is 0 Å². The Kier molecular flexibility index (Phi) is 6.28. The summed E-state index contributed by atoms with van der Waals surface area (Å²) in [6.45, 7) is 7.09. The van der Waals surface area contributed by atoms with E-state index in [-0.39, 0.29) is 13.1 Å². The lowest BCUT2D eigenvalue weighted by Gasteiger charge is -2.20. The summed E-state index contributed by atoms with van der Waals surface area (Å²) in [5.74, 6) is -2.50. The molecule has 0 spiro atoms. The topological polar surface area (TPSA) is 112 Å². The average molecular weight is 277 g/mol. The van der Waals surface area contributed by atoms with Gasteiger partial charge in [-0.15, -0.1) is 13.2 Å². The minimum atomic E-state index is -4.82. The molecular weight excluding hydrogens is 262 g/mol. The number of nitrogens with zero attached hydrogens (tertiary/aromatic N) is 1. The smallest absolute Gasteiger partial charge is 0.324 e. The second kappa shape index (κ2) is 6.92. The van der Waals surface area contributed by atoms with E-state index < -0.39 is 33.7 Å². The normalized spacial score (nSPS) is 12.5. The van der Waals surface area contributed by atoms with Gasteiger partial charge in [-0.3, -0.25) is 14.1 Å². The number of aliphatic carboxylic acids is 1. The van der Waals surface area contributed by atoms with E-state index in [4.69, 9.17) is 9.66 Å². The van der Waals surface area contributed by atoms with Crippen molar-refractivity contribution in [1.29, 1.82) is 0 Å². The van der Waals surface area contributed by atoms with E-state index in [1.165, 1.54) is 17.1 Å². The minimum Gasteiger partial charge on any atom is -0.480 e. The Bertz CT molecular complexity index is 431. The summed E-state index contributed by atoms with van der Waals surface area (Å²) in [5.41, 5.74) is 0. The molecule has 0 aliphatic carbocycles. The molecule has 0 rings (SSSR count). The van der Waals surface area contributed by atoms with Gasteiger partial charge in [0.2, 0.25) is 5.91 Å². The molecule has 1 atom stereocenters. The van der Waals surface area contributed by atoms with Crippen LogP contribution < -0.4 is 0 Å². The van der Waals surface area contributed by atoms with Gasteiger partial charge >= 0.3 is 5.97 Å². The highest BCUT2D eigenvalue weighted by molar-refractivity contribution is 7.87. The lowest BCUT2D eigenvalue weighted by molar-refractivity contribution is -0.140. The maximum Gasteiger partial charge on any atom is 0.324 e. The molecule has 1 unspecified atom stereocenters. The molecule has 7 nitrogen and oxygen atoms in total. The standard InChI is InChI=1S/C10H15NO6S/c1-3-5-11(6-4-2)9(12)7-8(10(13)14)18(15,16)17/h3-4,8H,1-2,5-7H2,(H,13,14)(H,15,16,17). The number of hydrogen-bond donors (Lipinski definition) is 2. The van der Waals surface area contributed by atoms with Gasteiger partial charge < -0.3 is 10.0 Å². The number of carbonyl (C=O) groups excluding carboxylic acids is 1. The quantitative estimate of drug-likeness (QED) is 0.474. The van der Waals surface area contributed by atoms with Crippen molar-refractivity contribution in [2.24, 2.45) is 0 Å². The van der Waals surface area contributed by atoms with Gasteiger partial charge in [-0.25, -0.2) is 0 Å². The van der Waals surface area contributed by atoms with Gasteiger partial charge in [0.15, 0.2) is 5.25 Å². The number of carboxylic acids is 1. The van der Waals surface area contributed by atoms with Crippen molar-refractivity contribution < 1.29 is 27.7 Å². The third-order valence-electron chi connectivity index (χ3n) is 2.05. The number of hydrogen-bond acceptors (Lipinski definition) is 4. The fourth-order valence-electron chi connectivity index (χ4n) is 1.20. The Morgan fingerprint density at radius 1 is 1.22 bits per heavy atom. The first kappa shape index (κ1) is 16.3. The molecule has 0 aromatic carbocycles. The second-order valence-corrected chi connectivity index (χ2v) is 5.02. The van der Waals surface area contributed by atoms with Crippen molar-refractivity contribution in [2.75, 3.05) is 13.1 Å². The molecule has 0 aromatic heterocycles. The molecule has 0 fully saturated rings. The first-order chi connectivity index (χ1) is 8.23. The second-order valence-electron chi connectivity index (χ2n) is 3.42. The minimum absolute atomic E-state index is 0.128. The molecular formula is C10H15NO6S. The SMILES string of the molecule is C=CCN(CC=C)C(=O)CC(C(=O)O)S(=O)(=O)O. The van der Waals surface area contributed by atoms with Crippen LogP contribution in [0.1, 0.15) is 6.42 Å². The molecule has 1 amide bonds. The fraction of sp³-hybridized carbons (Fsp3) is 0.400. The van der Waals surface area contributed by atoms with Crippen LogP contribution in [0, 0.1) is 0 Å². The van der Waals surface area contributed by atoms with Gasteiger partial charge in [0.05, 0.1) is 6.42 Å². The van der Waals surface area contributed by atoms with Crippen LogP contribution in [0.2, 0.25) is 0 Å². The van der Waals surface area contributed by atoms with Crippen LogP contribution in [0.25, 0.3) is 0 Å². The largest absolute Gasteiger partial charge is 0.480 e. The first-order valence-electron chi connectivity index (χ1n) is 4.92. The molecule has 102 valence electrons. The number of carbonyl (C=O) groups is 2. The molecule has 0 saturated carbocycles. The van der Waals surface area contributed by atoms with E-state index in [9.17, 15) is 18.0 Å². The zero-order valence-corrected chi connectivity index (χ0v) is 10.5. The van der Waals surface area contributed by atoms with Crippen molar-refractivity contribution in [3.05, 3.63) is 25.3 Å². The molecule has 0 heterocycles. The summed E-state index contributed by atoms with van der Waals surface area (Å²) < 4.78 is 30.3. The molecule has 0 saturated heterocycles. The maximum absolute atomic E-state index is 11.7. The third-order valence-corrected chi connectivity index (χ3v) is 3.13. The van der Waals surface area contributed by atoms with Crippen LogP contribution in [0.4, 0.5) is 0 Å². The van der Waals surface area contributed by atoms with E-state index in [2.05, 4.69) is 13.2 Å². The third kappa shape index (κ3) is 5.11. The maximum atomic E-state index is 11.7. The van der Waals surface area contributed by atoms with Crippen LogP contribution in [-0.2, 0) is 19.7 Å². The van der Waals surface area contributed by atoms with Gasteiger partial charge in [-0.1, -0.05) is 12.2 Å². The van der Waals surface area contributed by atoms with E-state index >= 15 is 0 Å². The van der Waals surface area contributed by atoms with Gasteiger partial charge in [0, 0.05) is 13.1 Å². The van der Waals surface area contributed by atoms with E-state index in [1.54, 1.807) is 0 Å². The van der Waals surface area contributed by atoms with Crippen molar-refractivity contribution in [2.45, 2.75) is 11.7 Å². The molecule has 8 heteroatoms. The van der Waals surface area contributed by atoms with Gasteiger partial charge in [-0.05, 0) is 0 Å². The molecule has 0 bridgehead atoms. The summed E-state index contributed by atoms with van der Waals surface area (Å²) in [4.78, 5) is 23.5. The Morgan fingerprint density at radius 3 is 1.94 bits per heavy atom. The fourth-order valence-corrected chi connectivity index (χ4v) is 1.81. The zero-order chi connectivity index (χ0) is 14.3. The van der Waals surface area contributed by atoms with Crippen LogP contribution in [-0.4, -0.2) is 53.2 Å². The summed E-state index contributed by atoms with van der Waals surface area (Å²) in [6.07, 6.45) is 1.98. The Hall–Kier alpha value is -1.67. The molecule has 0 radical (unpaired) electrons. The number of rotatable bonds is 8. The van der Waals surface area contributed by atoms with E-state index in [1.807, 2.05) is 0 Å². The van der Waals surface area contributed by atoms with Crippen LogP contribution >= 0.6 is 0 Å². The molecule has 2 N–H and O–H groups in total. The highest BCUT2D eigenvalue weighted by Crippen LogP contribution is 2.08. The van der Waals surface area contributed by atoms with E-state index in [0.717, 1.165) is 0 Å². The highest BCUT2D eigenvalue weighted by Gasteiger charge is 2.34. The molecule has 0 aromatic rings. The van der Waals surface area contributed by atoms with Crippen LogP contribution in [0.15, 0.2) is 25.3 Å². The molecule has 0 aliphatic heterocycles.